The van der Waals surface area contributed by atoms with Gasteiger partial charge < -0.3 is 10.4 Å². The lowest BCUT2D eigenvalue weighted by molar-refractivity contribution is 0.0932. The van der Waals surface area contributed by atoms with E-state index in [0.29, 0.717) is 13.0 Å². The number of para-hydroxylation sites is 1. The van der Waals surface area contributed by atoms with Gasteiger partial charge in [0.1, 0.15) is 6.33 Å². The predicted molar refractivity (Wildman–Crippen MR) is 83.8 cm³/mol. The smallest absolute Gasteiger partial charge is 0.290 e. The minimum absolute atomic E-state index is 0.140. The van der Waals surface area contributed by atoms with Crippen molar-refractivity contribution in [2.75, 3.05) is 13.2 Å². The van der Waals surface area contributed by atoms with E-state index in [0.717, 1.165) is 18.5 Å². The van der Waals surface area contributed by atoms with Crippen LogP contribution in [-0.4, -0.2) is 38.9 Å². The minimum Gasteiger partial charge on any atom is -0.396 e. The highest BCUT2D eigenvalue weighted by Gasteiger charge is 2.14. The van der Waals surface area contributed by atoms with Gasteiger partial charge in [-0.05, 0) is 30.9 Å². The molecule has 2 rings (SSSR count). The molecule has 0 aliphatic heterocycles. The van der Waals surface area contributed by atoms with E-state index < -0.39 is 0 Å². The zero-order valence-corrected chi connectivity index (χ0v) is 12.8. The molecule has 0 spiro atoms. The number of aliphatic hydroxyl groups is 1. The number of carbonyl (C=O) groups excluding carboxylic acids is 1. The van der Waals surface area contributed by atoms with Crippen molar-refractivity contribution in [3.8, 4) is 5.69 Å². The van der Waals surface area contributed by atoms with Gasteiger partial charge in [0.15, 0.2) is 0 Å². The standard InChI is InChI=1S/C16H22N4O2/c1-2-6-13(9-10-21)11-17-16(22)15-18-12-20(19-15)14-7-4-3-5-8-14/h3-5,7-8,12-13,21H,2,6,9-11H2,1H3,(H,17,22). The number of hydrogen-bond donors (Lipinski definition) is 2. The van der Waals surface area contributed by atoms with E-state index >= 15 is 0 Å². The lowest BCUT2D eigenvalue weighted by atomic mass is 10.0. The Kier molecular flexibility index (Phi) is 6.09. The van der Waals surface area contributed by atoms with Gasteiger partial charge in [-0.2, -0.15) is 0 Å². The van der Waals surface area contributed by atoms with Gasteiger partial charge in [0.25, 0.3) is 5.91 Å². The van der Waals surface area contributed by atoms with Crippen molar-refractivity contribution in [3.63, 3.8) is 0 Å². The Morgan fingerprint density at radius 2 is 2.09 bits per heavy atom. The molecule has 1 unspecified atom stereocenters. The molecule has 2 N–H and O–H groups in total. The average molecular weight is 302 g/mol. The molecule has 0 bridgehead atoms. The summed E-state index contributed by atoms with van der Waals surface area (Å²) in [6.45, 7) is 2.77. The van der Waals surface area contributed by atoms with Crippen LogP contribution in [0.1, 0.15) is 36.8 Å². The number of carbonyl (C=O) groups is 1. The Balaban J connectivity index is 1.94. The monoisotopic (exact) mass is 302 g/mol. The zero-order chi connectivity index (χ0) is 15.8. The molecule has 6 nitrogen and oxygen atoms in total. The summed E-state index contributed by atoms with van der Waals surface area (Å²) < 4.78 is 1.58. The molecule has 0 saturated heterocycles. The lowest BCUT2D eigenvalue weighted by Gasteiger charge is -2.14. The van der Waals surface area contributed by atoms with E-state index in [4.69, 9.17) is 5.11 Å². The third-order valence-corrected chi connectivity index (χ3v) is 3.50. The summed E-state index contributed by atoms with van der Waals surface area (Å²) in [6.07, 6.45) is 4.23. The molecule has 1 aromatic carbocycles. The molecule has 0 saturated carbocycles. The Morgan fingerprint density at radius 3 is 2.77 bits per heavy atom. The Morgan fingerprint density at radius 1 is 1.32 bits per heavy atom. The summed E-state index contributed by atoms with van der Waals surface area (Å²) in [5.41, 5.74) is 0.859. The number of amides is 1. The Hall–Kier alpha value is -2.21. The van der Waals surface area contributed by atoms with E-state index in [1.54, 1.807) is 4.68 Å². The van der Waals surface area contributed by atoms with Crippen molar-refractivity contribution >= 4 is 5.91 Å². The van der Waals surface area contributed by atoms with Crippen LogP contribution in [0.15, 0.2) is 36.7 Å². The molecular weight excluding hydrogens is 280 g/mol. The number of nitrogens with zero attached hydrogens (tertiary/aromatic N) is 3. The third-order valence-electron chi connectivity index (χ3n) is 3.50. The van der Waals surface area contributed by atoms with Gasteiger partial charge in [0.05, 0.1) is 5.69 Å². The van der Waals surface area contributed by atoms with Gasteiger partial charge >= 0.3 is 0 Å². The molecule has 118 valence electrons. The fraction of sp³-hybridized carbons (Fsp3) is 0.438. The average Bonchev–Trinajstić information content (AvgIpc) is 3.04. The number of aromatic nitrogens is 3. The van der Waals surface area contributed by atoms with Gasteiger partial charge in [-0.1, -0.05) is 31.5 Å². The maximum atomic E-state index is 12.1. The SMILES string of the molecule is CCCC(CCO)CNC(=O)c1ncn(-c2ccccc2)n1. The molecule has 2 aromatic rings. The second-order valence-electron chi connectivity index (χ2n) is 5.23. The van der Waals surface area contributed by atoms with Crippen LogP contribution in [-0.2, 0) is 0 Å². The van der Waals surface area contributed by atoms with Gasteiger partial charge in [0, 0.05) is 13.2 Å². The molecule has 22 heavy (non-hydrogen) atoms. The third kappa shape index (κ3) is 4.39. The van der Waals surface area contributed by atoms with E-state index in [9.17, 15) is 4.79 Å². The first-order valence-electron chi connectivity index (χ1n) is 7.60. The molecule has 6 heteroatoms. The van der Waals surface area contributed by atoms with Crippen molar-refractivity contribution in [1.29, 1.82) is 0 Å². The molecule has 0 aliphatic carbocycles. The number of benzene rings is 1. The fourth-order valence-corrected chi connectivity index (χ4v) is 2.33. The number of rotatable bonds is 8. The highest BCUT2D eigenvalue weighted by Crippen LogP contribution is 2.10. The largest absolute Gasteiger partial charge is 0.396 e. The number of hydrogen-bond acceptors (Lipinski definition) is 4. The normalized spacial score (nSPS) is 12.1. The second-order valence-corrected chi connectivity index (χ2v) is 5.23. The maximum absolute atomic E-state index is 12.1. The minimum atomic E-state index is -0.284. The fourth-order valence-electron chi connectivity index (χ4n) is 2.33. The number of nitrogens with one attached hydrogen (secondary N) is 1. The number of aliphatic hydroxyl groups excluding tert-OH is 1. The van der Waals surface area contributed by atoms with Crippen LogP contribution >= 0.6 is 0 Å². The van der Waals surface area contributed by atoms with Crippen LogP contribution in [0.3, 0.4) is 0 Å². The van der Waals surface area contributed by atoms with Crippen molar-refractivity contribution in [2.45, 2.75) is 26.2 Å². The molecule has 0 fully saturated rings. The van der Waals surface area contributed by atoms with Crippen LogP contribution in [0, 0.1) is 5.92 Å². The predicted octanol–water partition coefficient (Wildman–Crippen LogP) is 1.80. The lowest BCUT2D eigenvalue weighted by Crippen LogP contribution is -2.30. The first-order valence-corrected chi connectivity index (χ1v) is 7.60. The van der Waals surface area contributed by atoms with Gasteiger partial charge in [0.2, 0.25) is 5.82 Å². The second kappa shape index (κ2) is 8.29. The van der Waals surface area contributed by atoms with E-state index in [2.05, 4.69) is 22.3 Å². The quantitative estimate of drug-likeness (QED) is 0.779. The summed E-state index contributed by atoms with van der Waals surface area (Å²) in [5.74, 6) is 0.159. The molecular formula is C16H22N4O2. The Bertz CT molecular complexity index is 577. The molecule has 1 atom stereocenters. The molecule has 0 radical (unpaired) electrons. The van der Waals surface area contributed by atoms with Crippen molar-refractivity contribution < 1.29 is 9.90 Å². The van der Waals surface area contributed by atoms with Crippen molar-refractivity contribution in [2.24, 2.45) is 5.92 Å². The van der Waals surface area contributed by atoms with Gasteiger partial charge in [-0.3, -0.25) is 4.79 Å². The molecule has 1 aromatic heterocycles. The first kappa shape index (κ1) is 16.2. The van der Waals surface area contributed by atoms with Crippen LogP contribution in [0.4, 0.5) is 0 Å². The Labute approximate surface area is 130 Å². The van der Waals surface area contributed by atoms with Gasteiger partial charge in [-0.25, -0.2) is 9.67 Å². The molecule has 1 amide bonds. The summed E-state index contributed by atoms with van der Waals surface area (Å²) in [7, 11) is 0. The topological polar surface area (TPSA) is 80.0 Å². The van der Waals surface area contributed by atoms with Crippen LogP contribution in [0.2, 0.25) is 0 Å². The highest BCUT2D eigenvalue weighted by molar-refractivity contribution is 5.90. The van der Waals surface area contributed by atoms with Crippen LogP contribution in [0.5, 0.6) is 0 Å². The first-order chi connectivity index (χ1) is 10.7. The van der Waals surface area contributed by atoms with Crippen LogP contribution in [0.25, 0.3) is 5.69 Å². The van der Waals surface area contributed by atoms with E-state index in [1.807, 2.05) is 30.3 Å². The van der Waals surface area contributed by atoms with E-state index in [1.165, 1.54) is 6.33 Å². The molecule has 0 aliphatic rings. The van der Waals surface area contributed by atoms with E-state index in [-0.39, 0.29) is 24.3 Å². The highest BCUT2D eigenvalue weighted by atomic mass is 16.3. The summed E-state index contributed by atoms with van der Waals surface area (Å²) in [6, 6.07) is 9.52. The maximum Gasteiger partial charge on any atom is 0.290 e. The van der Waals surface area contributed by atoms with Crippen molar-refractivity contribution in [3.05, 3.63) is 42.5 Å². The summed E-state index contributed by atoms with van der Waals surface area (Å²) in [5, 5.41) is 16.1. The van der Waals surface area contributed by atoms with Crippen LogP contribution < -0.4 is 5.32 Å². The summed E-state index contributed by atoms with van der Waals surface area (Å²) >= 11 is 0. The van der Waals surface area contributed by atoms with Gasteiger partial charge in [-0.15, -0.1) is 5.10 Å². The van der Waals surface area contributed by atoms with Crippen molar-refractivity contribution in [1.82, 2.24) is 20.1 Å². The summed E-state index contributed by atoms with van der Waals surface area (Å²) in [4.78, 5) is 16.1. The zero-order valence-electron chi connectivity index (χ0n) is 12.8. The molecule has 1 heterocycles.